The van der Waals surface area contributed by atoms with Crippen LogP contribution in [0.15, 0.2) is 48.0 Å². The number of methoxy groups -OCH3 is 1. The number of carbonyl (C=O) groups is 2. The highest BCUT2D eigenvalue weighted by molar-refractivity contribution is 6.02. The number of likely N-dealkylation sites (N-methyl/N-ethyl adjacent to an activating group) is 1. The van der Waals surface area contributed by atoms with Gasteiger partial charge in [-0.15, -0.1) is 0 Å². The normalized spacial score (nSPS) is 12.6. The number of hydrogen-bond donors (Lipinski definition) is 2. The summed E-state index contributed by atoms with van der Waals surface area (Å²) < 4.78 is 7.42. The molecule has 1 aliphatic rings. The third-order valence-electron chi connectivity index (χ3n) is 5.01. The van der Waals surface area contributed by atoms with E-state index < -0.39 is 5.91 Å². The van der Waals surface area contributed by atoms with E-state index in [-0.39, 0.29) is 5.91 Å². The van der Waals surface area contributed by atoms with Gasteiger partial charge in [-0.3, -0.25) is 9.59 Å². The Balaban J connectivity index is 1.99. The van der Waals surface area contributed by atoms with Crippen LogP contribution in [0.3, 0.4) is 0 Å². The first-order chi connectivity index (χ1) is 13.5. The van der Waals surface area contributed by atoms with Gasteiger partial charge in [-0.2, -0.15) is 0 Å². The molecule has 1 aliphatic heterocycles. The standard InChI is InChI=1S/C22H21N3O3/c1-3-24-22(27)16-8-15-9-17(28-2)6-7-18(15)20-10-13-4-5-14(21(23)26)11-19(13)25(20)12-16/h4-11H,3,12H2,1-2H3,(H2,23,26)(H,24,27). The lowest BCUT2D eigenvalue weighted by molar-refractivity contribution is -0.117. The number of benzene rings is 2. The van der Waals surface area contributed by atoms with Crippen molar-refractivity contribution >= 4 is 28.8 Å². The second kappa shape index (κ2) is 6.88. The Labute approximate surface area is 162 Å². The fourth-order valence-electron chi connectivity index (χ4n) is 3.64. The van der Waals surface area contributed by atoms with Crippen LogP contribution in [0, 0.1) is 0 Å². The molecule has 142 valence electrons. The Morgan fingerprint density at radius 3 is 2.71 bits per heavy atom. The Kier molecular flexibility index (Phi) is 4.39. The third-order valence-corrected chi connectivity index (χ3v) is 5.01. The van der Waals surface area contributed by atoms with Crippen LogP contribution in [-0.4, -0.2) is 30.0 Å². The molecule has 2 amide bonds. The minimum atomic E-state index is -0.476. The van der Waals surface area contributed by atoms with Gasteiger partial charge in [0.2, 0.25) is 11.8 Å². The molecule has 6 nitrogen and oxygen atoms in total. The highest BCUT2D eigenvalue weighted by Crippen LogP contribution is 2.36. The van der Waals surface area contributed by atoms with Crippen molar-refractivity contribution in [2.75, 3.05) is 13.7 Å². The van der Waals surface area contributed by atoms with Crippen molar-refractivity contribution in [2.45, 2.75) is 13.5 Å². The molecule has 0 saturated heterocycles. The van der Waals surface area contributed by atoms with Crippen LogP contribution < -0.4 is 15.8 Å². The second-order valence-corrected chi connectivity index (χ2v) is 6.74. The predicted molar refractivity (Wildman–Crippen MR) is 109 cm³/mol. The van der Waals surface area contributed by atoms with E-state index in [4.69, 9.17) is 10.5 Å². The van der Waals surface area contributed by atoms with Crippen molar-refractivity contribution in [3.05, 3.63) is 59.2 Å². The van der Waals surface area contributed by atoms with Crippen LogP contribution in [0.25, 0.3) is 28.2 Å². The lowest BCUT2D eigenvalue weighted by atomic mass is 10.0. The molecule has 4 rings (SSSR count). The van der Waals surface area contributed by atoms with E-state index in [1.165, 1.54) is 0 Å². The van der Waals surface area contributed by atoms with Gasteiger partial charge in [0.1, 0.15) is 5.75 Å². The fourth-order valence-corrected chi connectivity index (χ4v) is 3.64. The zero-order valence-corrected chi connectivity index (χ0v) is 15.8. The summed E-state index contributed by atoms with van der Waals surface area (Å²) in [7, 11) is 1.62. The predicted octanol–water partition coefficient (Wildman–Crippen LogP) is 2.95. The highest BCUT2D eigenvalue weighted by Gasteiger charge is 2.22. The molecule has 0 atom stereocenters. The molecule has 0 bridgehead atoms. The number of fused-ring (bicyclic) bond motifs is 5. The van der Waals surface area contributed by atoms with Gasteiger partial charge in [0.25, 0.3) is 0 Å². The summed E-state index contributed by atoms with van der Waals surface area (Å²) in [5.41, 5.74) is 10.3. The zero-order valence-electron chi connectivity index (χ0n) is 15.8. The summed E-state index contributed by atoms with van der Waals surface area (Å²) in [5, 5.41) is 3.86. The fraction of sp³-hybridized carbons (Fsp3) is 0.182. The largest absolute Gasteiger partial charge is 0.497 e. The number of carbonyl (C=O) groups excluding carboxylic acids is 2. The maximum Gasteiger partial charge on any atom is 0.249 e. The molecule has 2 heterocycles. The summed E-state index contributed by atoms with van der Waals surface area (Å²) in [6, 6.07) is 13.3. The number of nitrogens with zero attached hydrogens (tertiary/aromatic N) is 1. The van der Waals surface area contributed by atoms with E-state index in [2.05, 4.69) is 16.0 Å². The minimum Gasteiger partial charge on any atom is -0.497 e. The van der Waals surface area contributed by atoms with Crippen LogP contribution >= 0.6 is 0 Å². The molecule has 3 aromatic rings. The molecule has 0 radical (unpaired) electrons. The minimum absolute atomic E-state index is 0.114. The van der Waals surface area contributed by atoms with Gasteiger partial charge in [-0.25, -0.2) is 0 Å². The van der Waals surface area contributed by atoms with Crippen LogP contribution in [0.5, 0.6) is 5.75 Å². The molecule has 0 spiro atoms. The molecular formula is C22H21N3O3. The quantitative estimate of drug-likeness (QED) is 0.735. The smallest absolute Gasteiger partial charge is 0.249 e. The maximum absolute atomic E-state index is 12.7. The Bertz CT molecular complexity index is 1140. The molecule has 0 aliphatic carbocycles. The summed E-state index contributed by atoms with van der Waals surface area (Å²) >= 11 is 0. The lowest BCUT2D eigenvalue weighted by Gasteiger charge is -2.11. The van der Waals surface area contributed by atoms with E-state index >= 15 is 0 Å². The maximum atomic E-state index is 12.7. The third kappa shape index (κ3) is 2.93. The van der Waals surface area contributed by atoms with Crippen LogP contribution in [0.2, 0.25) is 0 Å². The van der Waals surface area contributed by atoms with Crippen molar-refractivity contribution in [1.29, 1.82) is 0 Å². The number of ether oxygens (including phenoxy) is 1. The SMILES string of the molecule is CCNC(=O)C1=Cc2cc(OC)ccc2-c2cc3ccc(C(N)=O)cc3n2C1. The number of hydrogen-bond acceptors (Lipinski definition) is 3. The summed E-state index contributed by atoms with van der Waals surface area (Å²) in [5.74, 6) is 0.138. The van der Waals surface area contributed by atoms with E-state index in [0.717, 1.165) is 33.5 Å². The van der Waals surface area contributed by atoms with Gasteiger partial charge in [0.05, 0.1) is 19.3 Å². The number of rotatable bonds is 4. The van der Waals surface area contributed by atoms with Gasteiger partial charge in [0.15, 0.2) is 0 Å². The molecular weight excluding hydrogens is 354 g/mol. The molecule has 6 heteroatoms. The first-order valence-electron chi connectivity index (χ1n) is 9.12. The second-order valence-electron chi connectivity index (χ2n) is 6.74. The Morgan fingerprint density at radius 1 is 1.18 bits per heavy atom. The van der Waals surface area contributed by atoms with Crippen LogP contribution in [0.4, 0.5) is 0 Å². The Morgan fingerprint density at radius 2 is 2.00 bits per heavy atom. The van der Waals surface area contributed by atoms with Crippen LogP contribution in [0.1, 0.15) is 22.8 Å². The monoisotopic (exact) mass is 375 g/mol. The molecule has 0 unspecified atom stereocenters. The topological polar surface area (TPSA) is 86.3 Å². The average molecular weight is 375 g/mol. The number of primary amides is 1. The number of aromatic nitrogens is 1. The van der Waals surface area contributed by atoms with Gasteiger partial charge in [-0.05, 0) is 55.0 Å². The molecule has 3 N–H and O–H groups in total. The van der Waals surface area contributed by atoms with E-state index in [1.54, 1.807) is 19.2 Å². The van der Waals surface area contributed by atoms with Gasteiger partial charge in [0, 0.05) is 34.1 Å². The van der Waals surface area contributed by atoms with E-state index in [9.17, 15) is 9.59 Å². The van der Waals surface area contributed by atoms with Crippen molar-refractivity contribution < 1.29 is 14.3 Å². The van der Waals surface area contributed by atoms with E-state index in [1.807, 2.05) is 37.3 Å². The molecule has 28 heavy (non-hydrogen) atoms. The summed E-state index contributed by atoms with van der Waals surface area (Å²) in [6.45, 7) is 2.83. The van der Waals surface area contributed by atoms with Crippen molar-refractivity contribution in [2.24, 2.45) is 5.73 Å². The molecule has 0 fully saturated rings. The van der Waals surface area contributed by atoms with Crippen molar-refractivity contribution in [3.63, 3.8) is 0 Å². The van der Waals surface area contributed by atoms with Crippen molar-refractivity contribution in [1.82, 2.24) is 9.88 Å². The molecule has 0 saturated carbocycles. The van der Waals surface area contributed by atoms with Gasteiger partial charge in [-0.1, -0.05) is 6.07 Å². The summed E-state index contributed by atoms with van der Waals surface area (Å²) in [6.07, 6.45) is 1.90. The average Bonchev–Trinajstić information content (AvgIpc) is 2.96. The van der Waals surface area contributed by atoms with Crippen LogP contribution in [-0.2, 0) is 11.3 Å². The van der Waals surface area contributed by atoms with Gasteiger partial charge < -0.3 is 20.4 Å². The van der Waals surface area contributed by atoms with E-state index in [0.29, 0.717) is 24.2 Å². The summed E-state index contributed by atoms with van der Waals surface area (Å²) in [4.78, 5) is 24.3. The number of amides is 2. The zero-order chi connectivity index (χ0) is 19.8. The molecule has 2 aromatic carbocycles. The first kappa shape index (κ1) is 17.9. The lowest BCUT2D eigenvalue weighted by Crippen LogP contribution is -2.26. The van der Waals surface area contributed by atoms with Crippen molar-refractivity contribution in [3.8, 4) is 17.0 Å². The first-order valence-corrected chi connectivity index (χ1v) is 9.12. The highest BCUT2D eigenvalue weighted by atomic mass is 16.5. The Hall–Kier alpha value is -3.54. The van der Waals surface area contributed by atoms with Gasteiger partial charge >= 0.3 is 0 Å². The number of nitrogens with two attached hydrogens (primary N) is 1. The molecule has 1 aromatic heterocycles. The number of nitrogens with one attached hydrogen (secondary N) is 1.